The summed E-state index contributed by atoms with van der Waals surface area (Å²) in [5, 5.41) is 3.01. The molecule has 0 bridgehead atoms. The molecule has 1 N–H and O–H groups in total. The quantitative estimate of drug-likeness (QED) is 0.813. The van der Waals surface area contributed by atoms with Crippen LogP contribution in [0.3, 0.4) is 0 Å². The van der Waals surface area contributed by atoms with Gasteiger partial charge < -0.3 is 14.6 Å². The SMILES string of the molecule is Cc1cc(C(=O)OCC(=O)N[C@@H]2CCCC[C@H]2C)c(C)n1-c1ccccc1. The number of ether oxygens (including phenoxy) is 1. The zero-order valence-electron chi connectivity index (χ0n) is 16.3. The Bertz CT molecular complexity index is 810. The highest BCUT2D eigenvalue weighted by Gasteiger charge is 2.24. The van der Waals surface area contributed by atoms with Crippen LogP contribution in [0.4, 0.5) is 0 Å². The molecule has 0 saturated heterocycles. The molecule has 0 radical (unpaired) electrons. The van der Waals surface area contributed by atoms with Crippen LogP contribution in [0.5, 0.6) is 0 Å². The van der Waals surface area contributed by atoms with E-state index in [4.69, 9.17) is 4.74 Å². The van der Waals surface area contributed by atoms with E-state index < -0.39 is 5.97 Å². The van der Waals surface area contributed by atoms with Gasteiger partial charge in [0.15, 0.2) is 6.61 Å². The maximum atomic E-state index is 12.5. The van der Waals surface area contributed by atoms with Crippen LogP contribution in [0.15, 0.2) is 36.4 Å². The summed E-state index contributed by atoms with van der Waals surface area (Å²) in [5.74, 6) is -0.209. The van der Waals surface area contributed by atoms with Crippen molar-refractivity contribution in [3.8, 4) is 5.69 Å². The van der Waals surface area contributed by atoms with E-state index in [0.717, 1.165) is 36.3 Å². The molecule has 2 atom stereocenters. The predicted octanol–water partition coefficient (Wildman–Crippen LogP) is 3.95. The number of carbonyl (C=O) groups excluding carboxylic acids is 2. The zero-order valence-corrected chi connectivity index (χ0v) is 16.3. The van der Waals surface area contributed by atoms with Crippen molar-refractivity contribution in [1.82, 2.24) is 9.88 Å². The molecule has 0 unspecified atom stereocenters. The molecule has 27 heavy (non-hydrogen) atoms. The highest BCUT2D eigenvalue weighted by Crippen LogP contribution is 2.24. The Morgan fingerprint density at radius 1 is 1.15 bits per heavy atom. The molecule has 0 aliphatic heterocycles. The highest BCUT2D eigenvalue weighted by molar-refractivity contribution is 5.93. The smallest absolute Gasteiger partial charge is 0.340 e. The van der Waals surface area contributed by atoms with Crippen molar-refractivity contribution in [3.05, 3.63) is 53.3 Å². The van der Waals surface area contributed by atoms with E-state index in [1.807, 2.05) is 54.8 Å². The fraction of sp³-hybridized carbons (Fsp3) is 0.455. The molecule has 1 heterocycles. The van der Waals surface area contributed by atoms with Gasteiger partial charge in [0, 0.05) is 23.1 Å². The number of benzene rings is 1. The highest BCUT2D eigenvalue weighted by atomic mass is 16.5. The van der Waals surface area contributed by atoms with Gasteiger partial charge in [-0.05, 0) is 50.8 Å². The fourth-order valence-electron chi connectivity index (χ4n) is 3.93. The maximum Gasteiger partial charge on any atom is 0.340 e. The molecule has 1 fully saturated rings. The van der Waals surface area contributed by atoms with Crippen molar-refractivity contribution in [2.75, 3.05) is 6.61 Å². The first kappa shape index (κ1) is 19.2. The van der Waals surface area contributed by atoms with Gasteiger partial charge in [-0.25, -0.2) is 4.79 Å². The van der Waals surface area contributed by atoms with Gasteiger partial charge >= 0.3 is 5.97 Å². The van der Waals surface area contributed by atoms with Crippen LogP contribution < -0.4 is 5.32 Å². The van der Waals surface area contributed by atoms with Crippen LogP contribution in [0.1, 0.15) is 54.4 Å². The minimum Gasteiger partial charge on any atom is -0.452 e. The van der Waals surface area contributed by atoms with Gasteiger partial charge in [0.2, 0.25) is 0 Å². The number of carbonyl (C=O) groups is 2. The molecule has 1 saturated carbocycles. The number of para-hydroxylation sites is 1. The lowest BCUT2D eigenvalue weighted by molar-refractivity contribution is -0.125. The molecule has 5 nitrogen and oxygen atoms in total. The molecule has 1 aromatic heterocycles. The summed E-state index contributed by atoms with van der Waals surface area (Å²) in [6.07, 6.45) is 4.50. The Balaban J connectivity index is 1.62. The number of rotatable bonds is 5. The van der Waals surface area contributed by atoms with E-state index in [2.05, 4.69) is 12.2 Å². The van der Waals surface area contributed by atoms with Crippen LogP contribution in [0, 0.1) is 19.8 Å². The molecular weight excluding hydrogens is 340 g/mol. The van der Waals surface area contributed by atoms with E-state index in [-0.39, 0.29) is 18.6 Å². The van der Waals surface area contributed by atoms with Gasteiger partial charge in [0.1, 0.15) is 0 Å². The molecule has 0 spiro atoms. The number of aromatic nitrogens is 1. The van der Waals surface area contributed by atoms with Gasteiger partial charge in [0.25, 0.3) is 5.91 Å². The Kier molecular flexibility index (Phi) is 5.99. The number of nitrogens with one attached hydrogen (secondary N) is 1. The summed E-state index contributed by atoms with van der Waals surface area (Å²) >= 11 is 0. The van der Waals surface area contributed by atoms with E-state index in [0.29, 0.717) is 11.5 Å². The first-order chi connectivity index (χ1) is 13.0. The lowest BCUT2D eigenvalue weighted by Gasteiger charge is -2.29. The van der Waals surface area contributed by atoms with Gasteiger partial charge in [-0.3, -0.25) is 4.79 Å². The maximum absolute atomic E-state index is 12.5. The van der Waals surface area contributed by atoms with Crippen LogP contribution >= 0.6 is 0 Å². The molecule has 5 heteroatoms. The number of aryl methyl sites for hydroxylation is 1. The monoisotopic (exact) mass is 368 g/mol. The lowest BCUT2D eigenvalue weighted by Crippen LogP contribution is -2.42. The average Bonchev–Trinajstić information content (AvgIpc) is 2.96. The summed E-state index contributed by atoms with van der Waals surface area (Å²) < 4.78 is 7.30. The van der Waals surface area contributed by atoms with Crippen molar-refractivity contribution in [3.63, 3.8) is 0 Å². The first-order valence-corrected chi connectivity index (χ1v) is 9.68. The topological polar surface area (TPSA) is 60.3 Å². The van der Waals surface area contributed by atoms with Crippen LogP contribution in [-0.4, -0.2) is 29.1 Å². The first-order valence-electron chi connectivity index (χ1n) is 9.68. The molecule has 1 aliphatic carbocycles. The number of hydrogen-bond donors (Lipinski definition) is 1. The van der Waals surface area contributed by atoms with E-state index in [9.17, 15) is 9.59 Å². The van der Waals surface area contributed by atoms with Crippen LogP contribution in [0.2, 0.25) is 0 Å². The zero-order chi connectivity index (χ0) is 19.4. The van der Waals surface area contributed by atoms with Crippen molar-refractivity contribution in [2.24, 2.45) is 5.92 Å². The average molecular weight is 368 g/mol. The van der Waals surface area contributed by atoms with E-state index in [1.165, 1.54) is 6.42 Å². The Morgan fingerprint density at radius 3 is 2.56 bits per heavy atom. The van der Waals surface area contributed by atoms with Crippen molar-refractivity contribution >= 4 is 11.9 Å². The van der Waals surface area contributed by atoms with E-state index in [1.54, 1.807) is 0 Å². The van der Waals surface area contributed by atoms with Gasteiger partial charge in [-0.1, -0.05) is 38.0 Å². The number of nitrogens with zero attached hydrogens (tertiary/aromatic N) is 1. The summed E-state index contributed by atoms with van der Waals surface area (Å²) in [6, 6.07) is 11.9. The Morgan fingerprint density at radius 2 is 1.85 bits per heavy atom. The summed E-state index contributed by atoms with van der Waals surface area (Å²) in [6.45, 7) is 5.76. The fourth-order valence-corrected chi connectivity index (χ4v) is 3.93. The normalized spacial score (nSPS) is 19.5. The molecular formula is C22H28N2O3. The molecule has 1 aliphatic rings. The van der Waals surface area contributed by atoms with Crippen molar-refractivity contribution in [1.29, 1.82) is 0 Å². The summed E-state index contributed by atoms with van der Waals surface area (Å²) in [7, 11) is 0. The van der Waals surface area contributed by atoms with E-state index >= 15 is 0 Å². The predicted molar refractivity (Wildman–Crippen MR) is 105 cm³/mol. The molecule has 144 valence electrons. The van der Waals surface area contributed by atoms with Gasteiger partial charge in [-0.2, -0.15) is 0 Å². The third-order valence-corrected chi connectivity index (χ3v) is 5.46. The molecule has 1 amide bonds. The van der Waals surface area contributed by atoms with Crippen LogP contribution in [-0.2, 0) is 9.53 Å². The molecule has 3 rings (SSSR count). The summed E-state index contributed by atoms with van der Waals surface area (Å²) in [5.41, 5.74) is 3.25. The minimum atomic E-state index is -0.461. The minimum absolute atomic E-state index is 0.188. The Labute approximate surface area is 160 Å². The van der Waals surface area contributed by atoms with Crippen molar-refractivity contribution < 1.29 is 14.3 Å². The standard InChI is InChI=1S/C22H28N2O3/c1-15-9-7-8-12-20(15)23-21(25)14-27-22(26)19-13-16(2)24(17(19)3)18-10-5-4-6-11-18/h4-6,10-11,13,15,20H,7-9,12,14H2,1-3H3,(H,23,25)/t15-,20-/m1/s1. The second-order valence-electron chi connectivity index (χ2n) is 7.47. The lowest BCUT2D eigenvalue weighted by atomic mass is 9.86. The Hall–Kier alpha value is -2.56. The second kappa shape index (κ2) is 8.42. The second-order valence-corrected chi connectivity index (χ2v) is 7.47. The van der Waals surface area contributed by atoms with Crippen LogP contribution in [0.25, 0.3) is 5.69 Å². The van der Waals surface area contributed by atoms with Gasteiger partial charge in [-0.15, -0.1) is 0 Å². The number of esters is 1. The van der Waals surface area contributed by atoms with Crippen molar-refractivity contribution in [2.45, 2.75) is 52.5 Å². The summed E-state index contributed by atoms with van der Waals surface area (Å²) in [4.78, 5) is 24.7. The molecule has 1 aromatic carbocycles. The number of amides is 1. The number of hydrogen-bond acceptors (Lipinski definition) is 3. The molecule has 2 aromatic rings. The third-order valence-electron chi connectivity index (χ3n) is 5.46. The van der Waals surface area contributed by atoms with Gasteiger partial charge in [0.05, 0.1) is 5.56 Å². The largest absolute Gasteiger partial charge is 0.452 e. The third kappa shape index (κ3) is 4.41.